The Balaban J connectivity index is 1.62. The number of hydrogen-bond acceptors (Lipinski definition) is 4. The lowest BCUT2D eigenvalue weighted by Gasteiger charge is -2.26. The zero-order chi connectivity index (χ0) is 20.9. The Kier molecular flexibility index (Phi) is 6.79. The van der Waals surface area contributed by atoms with E-state index < -0.39 is 10.0 Å². The first-order valence-corrected chi connectivity index (χ1v) is 11.5. The van der Waals surface area contributed by atoms with Crippen LogP contribution in [0.2, 0.25) is 0 Å². The summed E-state index contributed by atoms with van der Waals surface area (Å²) < 4.78 is 33.1. The van der Waals surface area contributed by atoms with Gasteiger partial charge in [-0.2, -0.15) is 0 Å². The van der Waals surface area contributed by atoms with Gasteiger partial charge in [0.1, 0.15) is 5.75 Å². The van der Waals surface area contributed by atoms with Crippen molar-refractivity contribution < 1.29 is 17.9 Å². The van der Waals surface area contributed by atoms with Crippen molar-refractivity contribution in [1.82, 2.24) is 5.32 Å². The summed E-state index contributed by atoms with van der Waals surface area (Å²) in [6, 6.07) is 12.9. The summed E-state index contributed by atoms with van der Waals surface area (Å²) in [5.41, 5.74) is 0.908. The molecule has 1 aliphatic carbocycles. The van der Waals surface area contributed by atoms with Gasteiger partial charge in [0.2, 0.25) is 0 Å². The summed E-state index contributed by atoms with van der Waals surface area (Å²) in [6.45, 7) is 4.67. The standard InChI is InChI=1S/C22H28N2O4S/c1-3-28-20-12-10-19(11-13-20)24-29(26,27)21-14-6-17(7-15-21)22(25)23-18-8-4-16(2)5-9-18/h6-7,10-16,18,24H,3-5,8-9H2,1-2H3,(H,23,25). The zero-order valence-corrected chi connectivity index (χ0v) is 17.7. The van der Waals surface area contributed by atoms with Crippen LogP contribution in [0.15, 0.2) is 53.4 Å². The van der Waals surface area contributed by atoms with Gasteiger partial charge in [-0.05, 0) is 87.1 Å². The summed E-state index contributed by atoms with van der Waals surface area (Å²) >= 11 is 0. The van der Waals surface area contributed by atoms with Crippen molar-refractivity contribution in [3.05, 3.63) is 54.1 Å². The quantitative estimate of drug-likeness (QED) is 0.709. The van der Waals surface area contributed by atoms with Gasteiger partial charge >= 0.3 is 0 Å². The monoisotopic (exact) mass is 416 g/mol. The van der Waals surface area contributed by atoms with Crippen LogP contribution in [0.1, 0.15) is 49.9 Å². The Hall–Kier alpha value is -2.54. The fourth-order valence-electron chi connectivity index (χ4n) is 3.46. The van der Waals surface area contributed by atoms with Gasteiger partial charge in [0.05, 0.1) is 11.5 Å². The molecule has 2 N–H and O–H groups in total. The highest BCUT2D eigenvalue weighted by atomic mass is 32.2. The second-order valence-corrected chi connectivity index (χ2v) is 9.20. The van der Waals surface area contributed by atoms with Crippen LogP contribution in [-0.4, -0.2) is 27.0 Å². The molecule has 6 nitrogen and oxygen atoms in total. The predicted molar refractivity (Wildman–Crippen MR) is 114 cm³/mol. The first-order valence-electron chi connectivity index (χ1n) is 10.0. The molecule has 2 aromatic rings. The van der Waals surface area contributed by atoms with Crippen LogP contribution in [-0.2, 0) is 10.0 Å². The number of benzene rings is 2. The largest absolute Gasteiger partial charge is 0.494 e. The Morgan fingerprint density at radius 1 is 1.00 bits per heavy atom. The van der Waals surface area contributed by atoms with Crippen LogP contribution < -0.4 is 14.8 Å². The minimum atomic E-state index is -3.74. The summed E-state index contributed by atoms with van der Waals surface area (Å²) in [4.78, 5) is 12.5. The van der Waals surface area contributed by atoms with Crippen molar-refractivity contribution in [2.75, 3.05) is 11.3 Å². The molecule has 3 rings (SSSR count). The number of hydrogen-bond donors (Lipinski definition) is 2. The van der Waals surface area contributed by atoms with Crippen LogP contribution in [0, 0.1) is 5.92 Å². The summed E-state index contributed by atoms with van der Waals surface area (Å²) in [5.74, 6) is 1.24. The second kappa shape index (κ2) is 9.31. The van der Waals surface area contributed by atoms with E-state index in [4.69, 9.17) is 4.74 Å². The highest BCUT2D eigenvalue weighted by Crippen LogP contribution is 2.24. The molecule has 0 aliphatic heterocycles. The van der Waals surface area contributed by atoms with Crippen LogP contribution >= 0.6 is 0 Å². The van der Waals surface area contributed by atoms with Crippen LogP contribution in [0.25, 0.3) is 0 Å². The highest BCUT2D eigenvalue weighted by molar-refractivity contribution is 7.92. The van der Waals surface area contributed by atoms with E-state index in [-0.39, 0.29) is 16.8 Å². The lowest BCUT2D eigenvalue weighted by atomic mass is 9.87. The molecule has 0 unspecified atom stereocenters. The number of ether oxygens (including phenoxy) is 1. The Labute approximate surface area is 172 Å². The molecule has 0 aromatic heterocycles. The molecule has 29 heavy (non-hydrogen) atoms. The fraction of sp³-hybridized carbons (Fsp3) is 0.409. The van der Waals surface area contributed by atoms with E-state index >= 15 is 0 Å². The third-order valence-corrected chi connectivity index (χ3v) is 6.59. The average Bonchev–Trinajstić information content (AvgIpc) is 2.71. The molecule has 1 fully saturated rings. The summed E-state index contributed by atoms with van der Waals surface area (Å²) in [5, 5.41) is 3.05. The van der Waals surface area contributed by atoms with Crippen molar-refractivity contribution in [3.63, 3.8) is 0 Å². The molecule has 7 heteroatoms. The minimum absolute atomic E-state index is 0.106. The lowest BCUT2D eigenvalue weighted by Crippen LogP contribution is -2.37. The number of nitrogens with one attached hydrogen (secondary N) is 2. The zero-order valence-electron chi connectivity index (χ0n) is 16.9. The van der Waals surface area contributed by atoms with Gasteiger partial charge in [0.25, 0.3) is 15.9 Å². The smallest absolute Gasteiger partial charge is 0.261 e. The fourth-order valence-corrected chi connectivity index (χ4v) is 4.52. The van der Waals surface area contributed by atoms with Crippen molar-refractivity contribution in [2.45, 2.75) is 50.5 Å². The van der Waals surface area contributed by atoms with E-state index in [0.29, 0.717) is 23.6 Å². The minimum Gasteiger partial charge on any atom is -0.494 e. The molecule has 0 bridgehead atoms. The Morgan fingerprint density at radius 2 is 1.62 bits per heavy atom. The molecular weight excluding hydrogens is 388 g/mol. The maximum atomic E-state index is 12.6. The predicted octanol–water partition coefficient (Wildman–Crippen LogP) is 4.19. The van der Waals surface area contributed by atoms with Crippen molar-refractivity contribution in [2.24, 2.45) is 5.92 Å². The van der Waals surface area contributed by atoms with Crippen molar-refractivity contribution in [1.29, 1.82) is 0 Å². The molecule has 1 saturated carbocycles. The van der Waals surface area contributed by atoms with Gasteiger partial charge in [0.15, 0.2) is 0 Å². The van der Waals surface area contributed by atoms with E-state index in [1.165, 1.54) is 12.1 Å². The number of carbonyl (C=O) groups is 1. The molecule has 0 spiro atoms. The van der Waals surface area contributed by atoms with Crippen LogP contribution in [0.4, 0.5) is 5.69 Å². The van der Waals surface area contributed by atoms with Gasteiger partial charge < -0.3 is 10.1 Å². The molecular formula is C22H28N2O4S. The van der Waals surface area contributed by atoms with Crippen molar-refractivity contribution in [3.8, 4) is 5.75 Å². The average molecular weight is 417 g/mol. The first kappa shape index (κ1) is 21.2. The Morgan fingerprint density at radius 3 is 2.21 bits per heavy atom. The number of carbonyl (C=O) groups excluding carboxylic acids is 1. The molecule has 0 atom stereocenters. The normalized spacial score (nSPS) is 19.4. The van der Waals surface area contributed by atoms with E-state index in [1.807, 2.05) is 6.92 Å². The van der Waals surface area contributed by atoms with Gasteiger partial charge in [-0.25, -0.2) is 8.42 Å². The number of anilines is 1. The van der Waals surface area contributed by atoms with Crippen LogP contribution in [0.5, 0.6) is 5.75 Å². The molecule has 1 amide bonds. The second-order valence-electron chi connectivity index (χ2n) is 7.52. The molecule has 156 valence electrons. The number of rotatable bonds is 7. The maximum absolute atomic E-state index is 12.6. The third kappa shape index (κ3) is 5.73. The molecule has 2 aromatic carbocycles. The lowest BCUT2D eigenvalue weighted by molar-refractivity contribution is 0.0923. The van der Waals surface area contributed by atoms with E-state index in [0.717, 1.165) is 31.6 Å². The van der Waals surface area contributed by atoms with Gasteiger partial charge in [-0.1, -0.05) is 6.92 Å². The van der Waals surface area contributed by atoms with Crippen molar-refractivity contribution >= 4 is 21.6 Å². The maximum Gasteiger partial charge on any atom is 0.261 e. The van der Waals surface area contributed by atoms with Crippen LogP contribution in [0.3, 0.4) is 0 Å². The molecule has 1 aliphatic rings. The SMILES string of the molecule is CCOc1ccc(NS(=O)(=O)c2ccc(C(=O)NC3CCC(C)CC3)cc2)cc1. The van der Waals surface area contributed by atoms with E-state index in [1.54, 1.807) is 36.4 Å². The molecule has 0 heterocycles. The van der Waals surface area contributed by atoms with Gasteiger partial charge in [-0.3, -0.25) is 9.52 Å². The first-order chi connectivity index (χ1) is 13.9. The topological polar surface area (TPSA) is 84.5 Å². The summed E-state index contributed by atoms with van der Waals surface area (Å²) in [7, 11) is -3.74. The van der Waals surface area contributed by atoms with E-state index in [9.17, 15) is 13.2 Å². The highest BCUT2D eigenvalue weighted by Gasteiger charge is 2.21. The van der Waals surface area contributed by atoms with E-state index in [2.05, 4.69) is 17.0 Å². The number of amides is 1. The summed E-state index contributed by atoms with van der Waals surface area (Å²) in [6.07, 6.45) is 4.23. The number of sulfonamides is 1. The van der Waals surface area contributed by atoms with Gasteiger partial charge in [-0.15, -0.1) is 0 Å². The third-order valence-electron chi connectivity index (χ3n) is 5.20. The van der Waals surface area contributed by atoms with Gasteiger partial charge in [0, 0.05) is 17.3 Å². The molecule has 0 saturated heterocycles. The molecule has 0 radical (unpaired) electrons. The Bertz CT molecular complexity index is 916.